The van der Waals surface area contributed by atoms with Crippen molar-refractivity contribution in [3.8, 4) is 0 Å². The summed E-state index contributed by atoms with van der Waals surface area (Å²) >= 11 is 0. The first kappa shape index (κ1) is 27.6. The third kappa shape index (κ3) is 18.2. The summed E-state index contributed by atoms with van der Waals surface area (Å²) < 4.78 is 1.42. The van der Waals surface area contributed by atoms with Gasteiger partial charge in [0, 0.05) is 5.97 Å². The minimum atomic E-state index is -0.925. The van der Waals surface area contributed by atoms with E-state index in [1.54, 1.807) is 0 Å². The van der Waals surface area contributed by atoms with Gasteiger partial charge in [0.05, 0.1) is 26.2 Å². The van der Waals surface area contributed by atoms with Gasteiger partial charge in [0.1, 0.15) is 0 Å². The first-order chi connectivity index (χ1) is 12.5. The molecule has 0 saturated carbocycles. The number of carboxylic acids is 1. The van der Waals surface area contributed by atoms with Crippen LogP contribution < -0.4 is 5.11 Å². The molecule has 0 fully saturated rings. The molecular weight excluding hydrogens is 322 g/mol. The van der Waals surface area contributed by atoms with Crippen molar-refractivity contribution in [3.63, 3.8) is 0 Å². The molecule has 26 heavy (non-hydrogen) atoms. The zero-order valence-corrected chi connectivity index (χ0v) is 18.8. The molecule has 0 aromatic heterocycles. The topological polar surface area (TPSA) is 40.1 Å². The maximum atomic E-state index is 9.85. The van der Waals surface area contributed by atoms with E-state index in [-0.39, 0.29) is 6.42 Å². The fourth-order valence-corrected chi connectivity index (χ4v) is 3.34. The number of hydrogen-bond donors (Lipinski definition) is 0. The number of carbonyl (C=O) groups excluding carboxylic acids is 1. The van der Waals surface area contributed by atoms with Crippen LogP contribution in [-0.4, -0.2) is 36.6 Å². The normalized spacial score (nSPS) is 11.1. The average molecular weight is 372 g/mol. The highest BCUT2D eigenvalue weighted by atomic mass is 16.4. The van der Waals surface area contributed by atoms with E-state index in [0.717, 1.165) is 25.7 Å². The van der Waals surface area contributed by atoms with E-state index in [9.17, 15) is 9.90 Å². The van der Waals surface area contributed by atoms with Crippen molar-refractivity contribution >= 4 is 5.97 Å². The van der Waals surface area contributed by atoms with Crippen LogP contribution in [0.4, 0.5) is 0 Å². The number of unbranched alkanes of at least 4 members (excludes halogenated alkanes) is 7. The largest absolute Gasteiger partial charge is 0.550 e. The van der Waals surface area contributed by atoms with E-state index in [1.165, 1.54) is 82.0 Å². The molecule has 0 radical (unpaired) electrons. The lowest BCUT2D eigenvalue weighted by molar-refractivity contribution is -0.929. The Kier molecular flexibility index (Phi) is 22.1. The van der Waals surface area contributed by atoms with Crippen LogP contribution in [-0.2, 0) is 4.79 Å². The van der Waals surface area contributed by atoms with E-state index < -0.39 is 5.97 Å². The highest BCUT2D eigenvalue weighted by Gasteiger charge is 2.24. The highest BCUT2D eigenvalue weighted by Crippen LogP contribution is 2.16. The summed E-state index contributed by atoms with van der Waals surface area (Å²) in [5, 5.41) is 9.85. The van der Waals surface area contributed by atoms with Gasteiger partial charge in [-0.2, -0.15) is 0 Å². The molecule has 0 heterocycles. The summed E-state index contributed by atoms with van der Waals surface area (Å²) in [6.45, 7) is 17.1. The van der Waals surface area contributed by atoms with E-state index >= 15 is 0 Å². The first-order valence-corrected chi connectivity index (χ1v) is 11.6. The van der Waals surface area contributed by atoms with Crippen molar-refractivity contribution in [3.05, 3.63) is 0 Å². The molecule has 158 valence electrons. The Hall–Kier alpha value is -0.570. The van der Waals surface area contributed by atoms with Gasteiger partial charge in [0.2, 0.25) is 0 Å². The molecule has 0 atom stereocenters. The standard InChI is InChI=1S/C16H36N.C7H14O2/c1-5-9-13-17(14-10-6-2,15-11-7-3)16-12-8-4;1-2-3-4-5-6-7(8)9/h5-16H2,1-4H3;2-6H2,1H3,(H,8,9)/q+1;/p-1. The van der Waals surface area contributed by atoms with Crippen LogP contribution in [0, 0.1) is 0 Å². The number of carboxylic acid groups (broad SMARTS) is 1. The van der Waals surface area contributed by atoms with Crippen LogP contribution in [0.25, 0.3) is 0 Å². The number of hydrogen-bond acceptors (Lipinski definition) is 2. The third-order valence-electron chi connectivity index (χ3n) is 5.18. The number of rotatable bonds is 17. The van der Waals surface area contributed by atoms with Crippen molar-refractivity contribution in [1.82, 2.24) is 0 Å². The zero-order valence-electron chi connectivity index (χ0n) is 18.8. The van der Waals surface area contributed by atoms with Crippen molar-refractivity contribution in [2.24, 2.45) is 0 Å². The predicted octanol–water partition coefficient (Wildman–Crippen LogP) is 5.71. The fourth-order valence-electron chi connectivity index (χ4n) is 3.34. The molecule has 0 aliphatic rings. The van der Waals surface area contributed by atoms with Gasteiger partial charge in [-0.15, -0.1) is 0 Å². The molecule has 3 heteroatoms. The summed E-state index contributed by atoms with van der Waals surface area (Å²) in [6.07, 6.45) is 15.4. The molecule has 0 N–H and O–H groups in total. The molecule has 0 spiro atoms. The molecule has 0 amide bonds. The van der Waals surface area contributed by atoms with Crippen LogP contribution in [0.5, 0.6) is 0 Å². The van der Waals surface area contributed by atoms with E-state index in [2.05, 4.69) is 34.6 Å². The highest BCUT2D eigenvalue weighted by molar-refractivity contribution is 5.63. The lowest BCUT2D eigenvalue weighted by atomic mass is 10.1. The van der Waals surface area contributed by atoms with Gasteiger partial charge < -0.3 is 14.4 Å². The van der Waals surface area contributed by atoms with Gasteiger partial charge in [-0.25, -0.2) is 0 Å². The maximum Gasteiger partial charge on any atom is 0.0786 e. The molecule has 0 aliphatic heterocycles. The lowest BCUT2D eigenvalue weighted by Gasteiger charge is -2.39. The van der Waals surface area contributed by atoms with Crippen molar-refractivity contribution < 1.29 is 14.4 Å². The second-order valence-electron chi connectivity index (χ2n) is 7.83. The van der Waals surface area contributed by atoms with E-state index in [4.69, 9.17) is 0 Å². The molecule has 0 bridgehead atoms. The van der Waals surface area contributed by atoms with Crippen LogP contribution in [0.1, 0.15) is 118 Å². The second kappa shape index (κ2) is 20.7. The van der Waals surface area contributed by atoms with Gasteiger partial charge in [0.15, 0.2) is 0 Å². The molecule has 0 unspecified atom stereocenters. The Morgan fingerprint density at radius 3 is 1.19 bits per heavy atom. The first-order valence-electron chi connectivity index (χ1n) is 11.6. The maximum absolute atomic E-state index is 9.85. The Balaban J connectivity index is 0. The molecule has 0 aromatic rings. The third-order valence-corrected chi connectivity index (χ3v) is 5.18. The Bertz CT molecular complexity index is 254. The molecule has 0 aromatic carbocycles. The minimum absolute atomic E-state index is 0.222. The van der Waals surface area contributed by atoms with Crippen LogP contribution in [0.15, 0.2) is 0 Å². The Morgan fingerprint density at radius 1 is 0.577 bits per heavy atom. The Morgan fingerprint density at radius 2 is 0.923 bits per heavy atom. The fraction of sp³-hybridized carbons (Fsp3) is 0.957. The van der Waals surface area contributed by atoms with Gasteiger partial charge in [-0.1, -0.05) is 79.6 Å². The van der Waals surface area contributed by atoms with Crippen LogP contribution in [0.3, 0.4) is 0 Å². The van der Waals surface area contributed by atoms with Crippen LogP contribution >= 0.6 is 0 Å². The van der Waals surface area contributed by atoms with Crippen molar-refractivity contribution in [2.45, 2.75) is 118 Å². The predicted molar refractivity (Wildman–Crippen MR) is 113 cm³/mol. The molecule has 0 rings (SSSR count). The van der Waals surface area contributed by atoms with Gasteiger partial charge in [0.25, 0.3) is 0 Å². The SMILES string of the molecule is CCCCCCC(=O)[O-].CCCC[N+](CCCC)(CCCC)CCCC. The Labute approximate surface area is 165 Å². The number of aliphatic carboxylic acids is 1. The quantitative estimate of drug-likeness (QED) is 0.243. The number of carbonyl (C=O) groups is 1. The van der Waals surface area contributed by atoms with E-state index in [0.29, 0.717) is 0 Å². The van der Waals surface area contributed by atoms with Crippen molar-refractivity contribution in [1.29, 1.82) is 0 Å². The van der Waals surface area contributed by atoms with Gasteiger partial charge in [-0.05, 0) is 38.5 Å². The van der Waals surface area contributed by atoms with Crippen LogP contribution in [0.2, 0.25) is 0 Å². The van der Waals surface area contributed by atoms with Gasteiger partial charge in [-0.3, -0.25) is 0 Å². The smallest absolute Gasteiger partial charge is 0.0786 e. The minimum Gasteiger partial charge on any atom is -0.550 e. The van der Waals surface area contributed by atoms with E-state index in [1.807, 2.05) is 0 Å². The van der Waals surface area contributed by atoms with Gasteiger partial charge >= 0.3 is 0 Å². The van der Waals surface area contributed by atoms with Crippen molar-refractivity contribution in [2.75, 3.05) is 26.2 Å². The molecule has 3 nitrogen and oxygen atoms in total. The summed E-state index contributed by atoms with van der Waals surface area (Å²) in [7, 11) is 0. The summed E-state index contributed by atoms with van der Waals surface area (Å²) in [5.41, 5.74) is 0. The summed E-state index contributed by atoms with van der Waals surface area (Å²) in [5.74, 6) is -0.925. The number of nitrogens with zero attached hydrogens (tertiary/aromatic N) is 1. The molecular formula is C23H49NO2. The zero-order chi connectivity index (χ0) is 20.1. The number of quaternary nitrogens is 1. The molecule has 0 aliphatic carbocycles. The second-order valence-corrected chi connectivity index (χ2v) is 7.83. The summed E-state index contributed by atoms with van der Waals surface area (Å²) in [4.78, 5) is 9.85. The summed E-state index contributed by atoms with van der Waals surface area (Å²) in [6, 6.07) is 0. The molecule has 0 saturated heterocycles. The lowest BCUT2D eigenvalue weighted by Crippen LogP contribution is -2.50. The average Bonchev–Trinajstić information content (AvgIpc) is 2.64. The monoisotopic (exact) mass is 371 g/mol.